The first-order valence-corrected chi connectivity index (χ1v) is 8.84. The third-order valence-corrected chi connectivity index (χ3v) is 3.86. The molecule has 1 aliphatic rings. The molecular formula is C20H27NO4. The normalized spacial score (nSPS) is 16.6. The van der Waals surface area contributed by atoms with Crippen LogP contribution in [-0.4, -0.2) is 35.7 Å². The maximum absolute atomic E-state index is 12.1. The summed E-state index contributed by atoms with van der Waals surface area (Å²) in [5, 5.41) is 0. The molecule has 0 aromatic heterocycles. The van der Waals surface area contributed by atoms with E-state index in [1.165, 1.54) is 19.9 Å². The average Bonchev–Trinajstić information content (AvgIpc) is 2.51. The lowest BCUT2D eigenvalue weighted by molar-refractivity contribution is -0.222. The van der Waals surface area contributed by atoms with Crippen LogP contribution in [0.1, 0.15) is 51.7 Å². The number of ether oxygens (including phenoxy) is 2. The van der Waals surface area contributed by atoms with E-state index in [2.05, 4.69) is 24.8 Å². The third kappa shape index (κ3) is 5.43. The Morgan fingerprint density at radius 1 is 1.04 bits per heavy atom. The van der Waals surface area contributed by atoms with Crippen molar-refractivity contribution in [2.75, 3.05) is 13.1 Å². The van der Waals surface area contributed by atoms with Crippen LogP contribution in [0.3, 0.4) is 0 Å². The second-order valence-electron chi connectivity index (χ2n) is 6.76. The summed E-state index contributed by atoms with van der Waals surface area (Å²) in [4.78, 5) is 26.5. The highest BCUT2D eigenvalue weighted by molar-refractivity contribution is 6.18. The standard InChI is InChI=1S/C20H27NO4/c1-5-10-21(11-6-2)14-16-9-7-8-15(12-16)13-17-18(22)24-20(3,4)25-19(17)23/h7-9,12-13H,5-6,10-11,14H2,1-4H3. The number of carbonyl (C=O) groups is 2. The number of esters is 2. The second-order valence-corrected chi connectivity index (χ2v) is 6.76. The number of carbonyl (C=O) groups excluding carboxylic acids is 2. The van der Waals surface area contributed by atoms with Crippen LogP contribution < -0.4 is 0 Å². The number of benzene rings is 1. The molecule has 1 aliphatic heterocycles. The van der Waals surface area contributed by atoms with E-state index in [1.807, 2.05) is 18.2 Å². The first-order valence-electron chi connectivity index (χ1n) is 8.84. The predicted octanol–water partition coefficient (Wildman–Crippen LogP) is 3.53. The number of hydrogen-bond acceptors (Lipinski definition) is 5. The summed E-state index contributed by atoms with van der Waals surface area (Å²) in [6, 6.07) is 7.84. The van der Waals surface area contributed by atoms with Gasteiger partial charge in [-0.2, -0.15) is 0 Å². The van der Waals surface area contributed by atoms with Crippen LogP contribution in [0.25, 0.3) is 6.08 Å². The summed E-state index contributed by atoms with van der Waals surface area (Å²) in [5.41, 5.74) is 1.86. The molecule has 0 bridgehead atoms. The summed E-state index contributed by atoms with van der Waals surface area (Å²) in [5.74, 6) is -2.51. The molecule has 0 atom stereocenters. The third-order valence-electron chi connectivity index (χ3n) is 3.86. The van der Waals surface area contributed by atoms with Crippen molar-refractivity contribution in [1.29, 1.82) is 0 Å². The Kier molecular flexibility index (Phi) is 6.37. The van der Waals surface area contributed by atoms with Gasteiger partial charge in [0, 0.05) is 20.4 Å². The lowest BCUT2D eigenvalue weighted by atomic mass is 10.1. The van der Waals surface area contributed by atoms with Crippen molar-refractivity contribution < 1.29 is 19.1 Å². The SMILES string of the molecule is CCCN(CCC)Cc1cccc(C=C2C(=O)OC(C)(C)OC2=O)c1. The largest absolute Gasteiger partial charge is 0.419 e. The average molecular weight is 345 g/mol. The molecule has 1 saturated heterocycles. The fraction of sp³-hybridized carbons (Fsp3) is 0.500. The molecule has 1 heterocycles. The molecule has 0 radical (unpaired) electrons. The van der Waals surface area contributed by atoms with Crippen molar-refractivity contribution in [3.05, 3.63) is 41.0 Å². The minimum Gasteiger partial charge on any atom is -0.419 e. The Balaban J connectivity index is 2.18. The molecule has 1 fully saturated rings. The van der Waals surface area contributed by atoms with Gasteiger partial charge in [0.05, 0.1) is 0 Å². The van der Waals surface area contributed by atoms with E-state index in [0.29, 0.717) is 0 Å². The first kappa shape index (κ1) is 19.2. The second kappa shape index (κ2) is 8.30. The molecule has 0 saturated carbocycles. The zero-order valence-electron chi connectivity index (χ0n) is 15.5. The van der Waals surface area contributed by atoms with Crippen molar-refractivity contribution in [3.8, 4) is 0 Å². The van der Waals surface area contributed by atoms with Crippen molar-refractivity contribution >= 4 is 18.0 Å². The summed E-state index contributed by atoms with van der Waals surface area (Å²) in [7, 11) is 0. The number of hydrogen-bond donors (Lipinski definition) is 0. The minimum atomic E-state index is -1.21. The Morgan fingerprint density at radius 2 is 1.64 bits per heavy atom. The van der Waals surface area contributed by atoms with E-state index < -0.39 is 17.7 Å². The fourth-order valence-electron chi connectivity index (χ4n) is 2.89. The lowest BCUT2D eigenvalue weighted by Gasteiger charge is -2.29. The molecule has 0 aliphatic carbocycles. The van der Waals surface area contributed by atoms with Gasteiger partial charge in [0.2, 0.25) is 0 Å². The van der Waals surface area contributed by atoms with Crippen molar-refractivity contribution in [2.24, 2.45) is 0 Å². The highest BCUT2D eigenvalue weighted by Gasteiger charge is 2.38. The maximum atomic E-state index is 12.1. The van der Waals surface area contributed by atoms with E-state index >= 15 is 0 Å². The van der Waals surface area contributed by atoms with Gasteiger partial charge in [0.25, 0.3) is 5.79 Å². The van der Waals surface area contributed by atoms with Crippen molar-refractivity contribution in [3.63, 3.8) is 0 Å². The monoisotopic (exact) mass is 345 g/mol. The van der Waals surface area contributed by atoms with Gasteiger partial charge in [-0.25, -0.2) is 9.59 Å². The molecule has 5 heteroatoms. The van der Waals surface area contributed by atoms with Gasteiger partial charge in [-0.3, -0.25) is 4.90 Å². The van der Waals surface area contributed by atoms with Crippen LogP contribution in [0.5, 0.6) is 0 Å². The van der Waals surface area contributed by atoms with Crippen LogP contribution in [0.15, 0.2) is 29.8 Å². The zero-order chi connectivity index (χ0) is 18.4. The number of nitrogens with zero attached hydrogens (tertiary/aromatic N) is 1. The van der Waals surface area contributed by atoms with Crippen LogP contribution >= 0.6 is 0 Å². The van der Waals surface area contributed by atoms with Gasteiger partial charge in [0.15, 0.2) is 0 Å². The van der Waals surface area contributed by atoms with E-state index in [9.17, 15) is 9.59 Å². The molecule has 1 aromatic carbocycles. The van der Waals surface area contributed by atoms with Gasteiger partial charge >= 0.3 is 11.9 Å². The smallest absolute Gasteiger partial charge is 0.348 e. The Bertz CT molecular complexity index is 635. The Labute approximate surface area is 149 Å². The van der Waals surface area contributed by atoms with Crippen LogP contribution in [0, 0.1) is 0 Å². The molecule has 2 rings (SSSR count). The number of rotatable bonds is 7. The van der Waals surface area contributed by atoms with Crippen molar-refractivity contribution in [1.82, 2.24) is 4.90 Å². The fourth-order valence-corrected chi connectivity index (χ4v) is 2.89. The summed E-state index contributed by atoms with van der Waals surface area (Å²) in [6.07, 6.45) is 3.75. The molecule has 136 valence electrons. The molecule has 0 amide bonds. The quantitative estimate of drug-likeness (QED) is 0.430. The molecular weight excluding hydrogens is 318 g/mol. The predicted molar refractivity (Wildman–Crippen MR) is 96.5 cm³/mol. The molecule has 25 heavy (non-hydrogen) atoms. The van der Waals surface area contributed by atoms with Gasteiger partial charge in [0.1, 0.15) is 5.57 Å². The Hall–Kier alpha value is -2.14. The maximum Gasteiger partial charge on any atom is 0.348 e. The van der Waals surface area contributed by atoms with E-state index in [-0.39, 0.29) is 5.57 Å². The van der Waals surface area contributed by atoms with Crippen LogP contribution in [-0.2, 0) is 25.6 Å². The summed E-state index contributed by atoms with van der Waals surface area (Å²) >= 11 is 0. The highest BCUT2D eigenvalue weighted by atomic mass is 16.7. The van der Waals surface area contributed by atoms with E-state index in [0.717, 1.165) is 43.6 Å². The minimum absolute atomic E-state index is 0.0737. The molecule has 1 aromatic rings. The highest BCUT2D eigenvalue weighted by Crippen LogP contribution is 2.24. The van der Waals surface area contributed by atoms with Crippen LogP contribution in [0.2, 0.25) is 0 Å². The van der Waals surface area contributed by atoms with Crippen molar-refractivity contribution in [2.45, 2.75) is 52.9 Å². The molecule has 0 spiro atoms. The summed E-state index contributed by atoms with van der Waals surface area (Å²) < 4.78 is 10.3. The first-order chi connectivity index (χ1) is 11.8. The molecule has 5 nitrogen and oxygen atoms in total. The van der Waals surface area contributed by atoms with Gasteiger partial charge < -0.3 is 9.47 Å². The van der Waals surface area contributed by atoms with E-state index in [4.69, 9.17) is 9.47 Å². The summed E-state index contributed by atoms with van der Waals surface area (Å²) in [6.45, 7) is 10.4. The zero-order valence-corrected chi connectivity index (χ0v) is 15.5. The van der Waals surface area contributed by atoms with Gasteiger partial charge in [-0.1, -0.05) is 38.1 Å². The van der Waals surface area contributed by atoms with Gasteiger partial charge in [-0.05, 0) is 43.1 Å². The van der Waals surface area contributed by atoms with Crippen LogP contribution in [0.4, 0.5) is 0 Å². The number of cyclic esters (lactones) is 2. The Morgan fingerprint density at radius 3 is 2.20 bits per heavy atom. The van der Waals surface area contributed by atoms with E-state index in [1.54, 1.807) is 0 Å². The molecule has 0 unspecified atom stereocenters. The molecule has 0 N–H and O–H groups in total. The topological polar surface area (TPSA) is 55.8 Å². The lowest BCUT2D eigenvalue weighted by Crippen LogP contribution is -2.41. The van der Waals surface area contributed by atoms with Gasteiger partial charge in [-0.15, -0.1) is 0 Å².